The van der Waals surface area contributed by atoms with Crippen LogP contribution >= 0.6 is 15.9 Å². The van der Waals surface area contributed by atoms with Crippen LogP contribution in [0.25, 0.3) is 0 Å². The monoisotopic (exact) mass is 386 g/mol. The molecule has 2 aromatic carbocycles. The first-order valence-electron chi connectivity index (χ1n) is 7.99. The Kier molecular flexibility index (Phi) is 5.43. The summed E-state index contributed by atoms with van der Waals surface area (Å²) in [6.45, 7) is 3.15. The molecule has 1 aliphatic heterocycles. The largest absolute Gasteiger partial charge is 0.336 e. The van der Waals surface area contributed by atoms with Gasteiger partial charge in [-0.25, -0.2) is 0 Å². The molecule has 0 atom stereocenters. The van der Waals surface area contributed by atoms with E-state index in [9.17, 15) is 9.59 Å². The highest BCUT2D eigenvalue weighted by molar-refractivity contribution is 9.10. The summed E-state index contributed by atoms with van der Waals surface area (Å²) in [6, 6.07) is 16.8. The molecule has 0 N–H and O–H groups in total. The van der Waals surface area contributed by atoms with Crippen molar-refractivity contribution in [2.24, 2.45) is 0 Å². The van der Waals surface area contributed by atoms with E-state index in [1.54, 1.807) is 0 Å². The molecule has 2 aromatic rings. The highest BCUT2D eigenvalue weighted by Crippen LogP contribution is 2.14. The Bertz CT molecular complexity index is 708. The summed E-state index contributed by atoms with van der Waals surface area (Å²) >= 11 is 3.38. The first-order chi connectivity index (χ1) is 11.6. The normalized spacial score (nSPS) is 15.3. The van der Waals surface area contributed by atoms with E-state index >= 15 is 0 Å². The highest BCUT2D eigenvalue weighted by atomic mass is 79.9. The molecule has 24 heavy (non-hydrogen) atoms. The molecule has 0 bridgehead atoms. The lowest BCUT2D eigenvalue weighted by atomic mass is 10.1. The maximum atomic E-state index is 12.5. The van der Waals surface area contributed by atoms with Gasteiger partial charge in [0.25, 0.3) is 5.91 Å². The Balaban J connectivity index is 1.53. The number of nitrogens with zero attached hydrogens (tertiary/aromatic N) is 2. The number of piperazine rings is 1. The molecule has 1 aliphatic rings. The maximum absolute atomic E-state index is 12.5. The zero-order valence-corrected chi connectivity index (χ0v) is 14.9. The first-order valence-corrected chi connectivity index (χ1v) is 8.78. The second kappa shape index (κ2) is 7.73. The number of carbonyl (C=O) groups is 2. The molecule has 0 saturated carbocycles. The van der Waals surface area contributed by atoms with Crippen LogP contribution in [0.1, 0.15) is 20.7 Å². The summed E-state index contributed by atoms with van der Waals surface area (Å²) in [5, 5.41) is 0. The minimum Gasteiger partial charge on any atom is -0.336 e. The number of benzene rings is 2. The third-order valence-corrected chi connectivity index (χ3v) is 4.74. The Morgan fingerprint density at radius 2 is 1.46 bits per heavy atom. The van der Waals surface area contributed by atoms with Crippen molar-refractivity contribution in [2.75, 3.05) is 32.7 Å². The molecule has 0 radical (unpaired) electrons. The Labute approximate surface area is 150 Å². The van der Waals surface area contributed by atoms with Gasteiger partial charge in [-0.3, -0.25) is 14.5 Å². The van der Waals surface area contributed by atoms with E-state index < -0.39 is 0 Å². The summed E-state index contributed by atoms with van der Waals surface area (Å²) in [7, 11) is 0. The molecular formula is C19H19BrN2O2. The second-order valence-corrected chi connectivity index (χ2v) is 6.78. The molecule has 1 heterocycles. The first kappa shape index (κ1) is 16.9. The number of amides is 1. The fourth-order valence-electron chi connectivity index (χ4n) is 2.80. The van der Waals surface area contributed by atoms with E-state index in [0.29, 0.717) is 25.2 Å². The van der Waals surface area contributed by atoms with Crippen molar-refractivity contribution in [3.05, 3.63) is 70.2 Å². The van der Waals surface area contributed by atoms with E-state index in [-0.39, 0.29) is 11.7 Å². The van der Waals surface area contributed by atoms with Crippen molar-refractivity contribution in [2.45, 2.75) is 0 Å². The van der Waals surface area contributed by atoms with Crippen molar-refractivity contribution in [3.63, 3.8) is 0 Å². The molecular weight excluding hydrogens is 368 g/mol. The topological polar surface area (TPSA) is 40.6 Å². The lowest BCUT2D eigenvalue weighted by Gasteiger charge is -2.34. The molecule has 4 nitrogen and oxygen atoms in total. The van der Waals surface area contributed by atoms with Crippen molar-refractivity contribution >= 4 is 27.6 Å². The number of hydrogen-bond acceptors (Lipinski definition) is 3. The van der Waals surface area contributed by atoms with E-state index in [0.717, 1.165) is 23.1 Å². The summed E-state index contributed by atoms with van der Waals surface area (Å²) < 4.78 is 0.961. The van der Waals surface area contributed by atoms with Gasteiger partial charge in [-0.15, -0.1) is 0 Å². The molecule has 0 aliphatic carbocycles. The molecule has 124 valence electrons. The lowest BCUT2D eigenvalue weighted by Crippen LogP contribution is -2.49. The average Bonchev–Trinajstić information content (AvgIpc) is 2.63. The van der Waals surface area contributed by atoms with Crippen LogP contribution in [-0.4, -0.2) is 54.2 Å². The van der Waals surface area contributed by atoms with Crippen molar-refractivity contribution in [1.29, 1.82) is 0 Å². The second-order valence-electron chi connectivity index (χ2n) is 5.86. The number of Topliss-reactive ketones (excluding diaryl/α,β-unsaturated/α-hetero) is 1. The predicted octanol–water partition coefficient (Wildman–Crippen LogP) is 3.09. The molecule has 1 fully saturated rings. The number of halogens is 1. The third-order valence-electron chi connectivity index (χ3n) is 4.21. The standard InChI is InChI=1S/C19H19BrN2O2/c20-17-8-6-16(7-9-17)19(24)22-12-10-21(11-13-22)14-18(23)15-4-2-1-3-5-15/h1-9H,10-14H2. The van der Waals surface area contributed by atoms with Crippen LogP contribution < -0.4 is 0 Å². The van der Waals surface area contributed by atoms with Crippen LogP contribution in [0.3, 0.4) is 0 Å². The maximum Gasteiger partial charge on any atom is 0.253 e. The molecule has 5 heteroatoms. The quantitative estimate of drug-likeness (QED) is 0.758. The number of carbonyl (C=O) groups excluding carboxylic acids is 2. The van der Waals surface area contributed by atoms with Crippen LogP contribution in [0.4, 0.5) is 0 Å². The minimum absolute atomic E-state index is 0.0523. The van der Waals surface area contributed by atoms with Gasteiger partial charge >= 0.3 is 0 Å². The Hall–Kier alpha value is -1.98. The van der Waals surface area contributed by atoms with Crippen LogP contribution in [0.15, 0.2) is 59.1 Å². The molecule has 3 rings (SSSR count). The molecule has 1 saturated heterocycles. The minimum atomic E-state index is 0.0523. The van der Waals surface area contributed by atoms with E-state index in [4.69, 9.17) is 0 Å². The summed E-state index contributed by atoms with van der Waals surface area (Å²) in [4.78, 5) is 28.7. The third kappa shape index (κ3) is 4.10. The summed E-state index contributed by atoms with van der Waals surface area (Å²) in [5.74, 6) is 0.180. The Morgan fingerprint density at radius 3 is 2.08 bits per heavy atom. The van der Waals surface area contributed by atoms with Crippen LogP contribution in [-0.2, 0) is 0 Å². The molecule has 0 spiro atoms. The predicted molar refractivity (Wildman–Crippen MR) is 97.3 cm³/mol. The molecule has 0 aromatic heterocycles. The van der Waals surface area contributed by atoms with Gasteiger partial charge < -0.3 is 4.90 Å². The van der Waals surface area contributed by atoms with Gasteiger partial charge in [0.15, 0.2) is 5.78 Å². The average molecular weight is 387 g/mol. The zero-order chi connectivity index (χ0) is 16.9. The van der Waals surface area contributed by atoms with E-state index in [2.05, 4.69) is 20.8 Å². The fraction of sp³-hybridized carbons (Fsp3) is 0.263. The van der Waals surface area contributed by atoms with Gasteiger partial charge in [0.05, 0.1) is 6.54 Å². The number of hydrogen-bond donors (Lipinski definition) is 0. The molecule has 1 amide bonds. The summed E-state index contributed by atoms with van der Waals surface area (Å²) in [6.07, 6.45) is 0. The van der Waals surface area contributed by atoms with Crippen molar-refractivity contribution < 1.29 is 9.59 Å². The van der Waals surface area contributed by atoms with Crippen LogP contribution in [0.2, 0.25) is 0 Å². The number of ketones is 1. The lowest BCUT2D eigenvalue weighted by molar-refractivity contribution is 0.0624. The smallest absolute Gasteiger partial charge is 0.253 e. The Morgan fingerprint density at radius 1 is 0.833 bits per heavy atom. The number of rotatable bonds is 4. The van der Waals surface area contributed by atoms with Gasteiger partial charge in [-0.1, -0.05) is 46.3 Å². The van der Waals surface area contributed by atoms with Gasteiger partial charge in [0.1, 0.15) is 0 Å². The summed E-state index contributed by atoms with van der Waals surface area (Å²) in [5.41, 5.74) is 1.44. The highest BCUT2D eigenvalue weighted by Gasteiger charge is 2.23. The van der Waals surface area contributed by atoms with Gasteiger partial charge in [0, 0.05) is 41.8 Å². The SMILES string of the molecule is O=C(CN1CCN(C(=O)c2ccc(Br)cc2)CC1)c1ccccc1. The van der Waals surface area contributed by atoms with E-state index in [1.165, 1.54) is 0 Å². The van der Waals surface area contributed by atoms with Crippen molar-refractivity contribution in [1.82, 2.24) is 9.80 Å². The zero-order valence-electron chi connectivity index (χ0n) is 13.3. The van der Waals surface area contributed by atoms with Crippen LogP contribution in [0, 0.1) is 0 Å². The molecule has 0 unspecified atom stereocenters. The fourth-order valence-corrected chi connectivity index (χ4v) is 3.07. The van der Waals surface area contributed by atoms with Crippen LogP contribution in [0.5, 0.6) is 0 Å². The van der Waals surface area contributed by atoms with Crippen molar-refractivity contribution in [3.8, 4) is 0 Å². The van der Waals surface area contributed by atoms with E-state index in [1.807, 2.05) is 59.5 Å². The van der Waals surface area contributed by atoms with Gasteiger partial charge in [0.2, 0.25) is 0 Å². The van der Waals surface area contributed by atoms with Gasteiger partial charge in [-0.2, -0.15) is 0 Å². The van der Waals surface area contributed by atoms with Gasteiger partial charge in [-0.05, 0) is 24.3 Å².